The second-order valence-electron chi connectivity index (χ2n) is 3.84. The Morgan fingerprint density at radius 2 is 2.14 bits per heavy atom. The minimum Gasteiger partial charge on any atom is -0.466 e. The first kappa shape index (κ1) is 10.8. The van der Waals surface area contributed by atoms with Crippen molar-refractivity contribution in [2.24, 2.45) is 5.92 Å². The molecule has 0 aliphatic carbocycles. The number of hydrogen-bond donors (Lipinski definition) is 0. The molecule has 1 rings (SSSR count). The van der Waals surface area contributed by atoms with E-state index in [9.17, 15) is 9.59 Å². The van der Waals surface area contributed by atoms with Crippen LogP contribution in [0.4, 0.5) is 0 Å². The quantitative estimate of drug-likeness (QED) is 0.467. The molecule has 1 fully saturated rings. The SMILES string of the molecule is COC(=O)/C=C1\C(=O)OC(C)(C)[C@@H]1C. The average molecular weight is 198 g/mol. The van der Waals surface area contributed by atoms with E-state index in [-0.39, 0.29) is 5.92 Å². The Hall–Kier alpha value is -1.32. The lowest BCUT2D eigenvalue weighted by atomic mass is 9.89. The van der Waals surface area contributed by atoms with Gasteiger partial charge < -0.3 is 9.47 Å². The summed E-state index contributed by atoms with van der Waals surface area (Å²) in [6.07, 6.45) is 1.20. The summed E-state index contributed by atoms with van der Waals surface area (Å²) in [7, 11) is 1.27. The number of carbonyl (C=O) groups is 2. The molecule has 0 bridgehead atoms. The highest BCUT2D eigenvalue weighted by atomic mass is 16.6. The molecule has 0 aromatic rings. The van der Waals surface area contributed by atoms with Gasteiger partial charge >= 0.3 is 11.9 Å². The van der Waals surface area contributed by atoms with Crippen LogP contribution >= 0.6 is 0 Å². The Bertz CT molecular complexity index is 301. The van der Waals surface area contributed by atoms with Crippen molar-refractivity contribution in [3.05, 3.63) is 11.6 Å². The largest absolute Gasteiger partial charge is 0.466 e. The maximum absolute atomic E-state index is 11.4. The van der Waals surface area contributed by atoms with E-state index >= 15 is 0 Å². The van der Waals surface area contributed by atoms with Crippen LogP contribution in [-0.4, -0.2) is 24.6 Å². The first-order valence-corrected chi connectivity index (χ1v) is 4.41. The molecule has 0 aromatic heterocycles. The van der Waals surface area contributed by atoms with Gasteiger partial charge in [0, 0.05) is 12.0 Å². The molecule has 0 spiro atoms. The van der Waals surface area contributed by atoms with Gasteiger partial charge in [0.15, 0.2) is 0 Å². The Morgan fingerprint density at radius 1 is 1.57 bits per heavy atom. The van der Waals surface area contributed by atoms with Gasteiger partial charge in [0.2, 0.25) is 0 Å². The second kappa shape index (κ2) is 3.44. The van der Waals surface area contributed by atoms with Crippen molar-refractivity contribution in [3.63, 3.8) is 0 Å². The van der Waals surface area contributed by atoms with E-state index in [2.05, 4.69) is 4.74 Å². The highest BCUT2D eigenvalue weighted by Gasteiger charge is 2.43. The summed E-state index contributed by atoms with van der Waals surface area (Å²) in [5.41, 5.74) is -0.168. The lowest BCUT2D eigenvalue weighted by Crippen LogP contribution is -2.25. The highest BCUT2D eigenvalue weighted by molar-refractivity contribution is 5.98. The average Bonchev–Trinajstić information content (AvgIpc) is 2.28. The van der Waals surface area contributed by atoms with Gasteiger partial charge in [-0.3, -0.25) is 0 Å². The lowest BCUT2D eigenvalue weighted by Gasteiger charge is -2.20. The third-order valence-electron chi connectivity index (χ3n) is 2.58. The van der Waals surface area contributed by atoms with Crippen LogP contribution in [0.5, 0.6) is 0 Å². The van der Waals surface area contributed by atoms with E-state index in [0.29, 0.717) is 5.57 Å². The molecular weight excluding hydrogens is 184 g/mol. The van der Waals surface area contributed by atoms with Crippen molar-refractivity contribution in [3.8, 4) is 0 Å². The smallest absolute Gasteiger partial charge is 0.335 e. The summed E-state index contributed by atoms with van der Waals surface area (Å²) in [5, 5.41) is 0. The minimum atomic E-state index is -0.545. The molecule has 0 saturated carbocycles. The lowest BCUT2D eigenvalue weighted by molar-refractivity contribution is -0.145. The summed E-state index contributed by atoms with van der Waals surface area (Å²) in [5.74, 6) is -1.07. The molecule has 1 aliphatic rings. The molecule has 1 atom stereocenters. The zero-order valence-corrected chi connectivity index (χ0v) is 8.79. The van der Waals surface area contributed by atoms with Gasteiger partial charge in [0.25, 0.3) is 0 Å². The fraction of sp³-hybridized carbons (Fsp3) is 0.600. The monoisotopic (exact) mass is 198 g/mol. The van der Waals surface area contributed by atoms with Crippen LogP contribution in [0.25, 0.3) is 0 Å². The third-order valence-corrected chi connectivity index (χ3v) is 2.58. The summed E-state index contributed by atoms with van der Waals surface area (Å²) >= 11 is 0. The fourth-order valence-corrected chi connectivity index (χ4v) is 1.31. The van der Waals surface area contributed by atoms with Crippen molar-refractivity contribution in [2.75, 3.05) is 7.11 Å². The number of cyclic esters (lactones) is 1. The molecule has 4 heteroatoms. The molecule has 78 valence electrons. The summed E-state index contributed by atoms with van der Waals surface area (Å²) in [6, 6.07) is 0. The van der Waals surface area contributed by atoms with Gasteiger partial charge in [-0.15, -0.1) is 0 Å². The van der Waals surface area contributed by atoms with Gasteiger partial charge in [0.05, 0.1) is 12.7 Å². The molecule has 1 aliphatic heterocycles. The molecule has 0 amide bonds. The Morgan fingerprint density at radius 3 is 2.50 bits per heavy atom. The topological polar surface area (TPSA) is 52.6 Å². The van der Waals surface area contributed by atoms with E-state index in [4.69, 9.17) is 4.74 Å². The number of ether oxygens (including phenoxy) is 2. The van der Waals surface area contributed by atoms with Crippen molar-refractivity contribution < 1.29 is 19.1 Å². The zero-order valence-electron chi connectivity index (χ0n) is 8.79. The molecular formula is C10H14O4. The van der Waals surface area contributed by atoms with Crippen LogP contribution in [-0.2, 0) is 19.1 Å². The molecule has 0 unspecified atom stereocenters. The standard InChI is InChI=1S/C10H14O4/c1-6-7(5-8(11)13-4)9(12)14-10(6,2)3/h5-6H,1-4H3/b7-5-/t6-/m1/s1. The highest BCUT2D eigenvalue weighted by Crippen LogP contribution is 2.35. The van der Waals surface area contributed by atoms with Crippen LogP contribution in [0.15, 0.2) is 11.6 Å². The number of esters is 2. The van der Waals surface area contributed by atoms with Crippen LogP contribution in [0.1, 0.15) is 20.8 Å². The predicted molar refractivity (Wildman–Crippen MR) is 49.4 cm³/mol. The number of methoxy groups -OCH3 is 1. The second-order valence-corrected chi connectivity index (χ2v) is 3.84. The molecule has 0 aromatic carbocycles. The van der Waals surface area contributed by atoms with Crippen LogP contribution in [0, 0.1) is 5.92 Å². The van der Waals surface area contributed by atoms with E-state index in [1.54, 1.807) is 0 Å². The summed E-state index contributed by atoms with van der Waals surface area (Å²) < 4.78 is 9.56. The molecule has 14 heavy (non-hydrogen) atoms. The first-order valence-electron chi connectivity index (χ1n) is 4.41. The van der Waals surface area contributed by atoms with Gasteiger partial charge in [-0.1, -0.05) is 6.92 Å². The molecule has 1 saturated heterocycles. The van der Waals surface area contributed by atoms with Crippen molar-refractivity contribution in [1.82, 2.24) is 0 Å². The van der Waals surface area contributed by atoms with Crippen molar-refractivity contribution >= 4 is 11.9 Å². The van der Waals surface area contributed by atoms with Crippen molar-refractivity contribution in [2.45, 2.75) is 26.4 Å². The van der Waals surface area contributed by atoms with Crippen LogP contribution in [0.3, 0.4) is 0 Å². The minimum absolute atomic E-state index is 0.103. The van der Waals surface area contributed by atoms with E-state index < -0.39 is 17.5 Å². The van der Waals surface area contributed by atoms with E-state index in [1.807, 2.05) is 20.8 Å². The molecule has 1 heterocycles. The van der Waals surface area contributed by atoms with Gasteiger partial charge in [-0.25, -0.2) is 9.59 Å². The normalized spacial score (nSPS) is 27.6. The van der Waals surface area contributed by atoms with Gasteiger partial charge in [-0.05, 0) is 13.8 Å². The Kier molecular flexibility index (Phi) is 2.64. The molecule has 0 radical (unpaired) electrons. The van der Waals surface area contributed by atoms with Crippen molar-refractivity contribution in [1.29, 1.82) is 0 Å². The molecule has 4 nitrogen and oxygen atoms in total. The summed E-state index contributed by atoms with van der Waals surface area (Å²) in [4.78, 5) is 22.3. The van der Waals surface area contributed by atoms with Gasteiger partial charge in [0.1, 0.15) is 5.60 Å². The third kappa shape index (κ3) is 1.78. The van der Waals surface area contributed by atoms with Crippen LogP contribution in [0.2, 0.25) is 0 Å². The first-order chi connectivity index (χ1) is 6.38. The fourth-order valence-electron chi connectivity index (χ4n) is 1.31. The Balaban J connectivity index is 2.96. The maximum Gasteiger partial charge on any atom is 0.335 e. The maximum atomic E-state index is 11.4. The number of hydrogen-bond acceptors (Lipinski definition) is 4. The molecule has 0 N–H and O–H groups in total. The predicted octanol–water partition coefficient (Wildman–Crippen LogP) is 1.06. The van der Waals surface area contributed by atoms with Gasteiger partial charge in [-0.2, -0.15) is 0 Å². The van der Waals surface area contributed by atoms with Crippen LogP contribution < -0.4 is 0 Å². The van der Waals surface area contributed by atoms with E-state index in [0.717, 1.165) is 0 Å². The van der Waals surface area contributed by atoms with E-state index in [1.165, 1.54) is 13.2 Å². The zero-order chi connectivity index (χ0) is 10.9. The Labute approximate surface area is 82.9 Å². The summed E-state index contributed by atoms with van der Waals surface area (Å²) in [6.45, 7) is 5.47. The number of carbonyl (C=O) groups excluding carboxylic acids is 2. The number of rotatable bonds is 1.